The number of hydrogen-bond acceptors (Lipinski definition) is 6. The molecule has 1 unspecified atom stereocenters. The molecule has 9 heteroatoms. The topological polar surface area (TPSA) is 106 Å². The first-order valence-corrected chi connectivity index (χ1v) is 13.9. The molecule has 1 aromatic rings. The highest BCUT2D eigenvalue weighted by Crippen LogP contribution is 2.26. The molecule has 1 aromatic heterocycles. The molecule has 0 aromatic carbocycles. The molecule has 1 aliphatic heterocycles. The van der Waals surface area contributed by atoms with E-state index < -0.39 is 0 Å². The molecule has 0 bridgehead atoms. The van der Waals surface area contributed by atoms with Gasteiger partial charge in [-0.15, -0.1) is 5.10 Å². The molecule has 2 rings (SSSR count). The fraction of sp³-hybridized carbons (Fsp3) is 0.821. The molecule has 1 aliphatic rings. The van der Waals surface area contributed by atoms with Gasteiger partial charge < -0.3 is 10.1 Å². The lowest BCUT2D eigenvalue weighted by Gasteiger charge is -2.30. The van der Waals surface area contributed by atoms with Gasteiger partial charge in [-0.2, -0.15) is 0 Å². The summed E-state index contributed by atoms with van der Waals surface area (Å²) in [4.78, 5) is 38.4. The molecule has 0 radical (unpaired) electrons. The van der Waals surface area contributed by atoms with Gasteiger partial charge in [-0.1, -0.05) is 39.3 Å². The van der Waals surface area contributed by atoms with Gasteiger partial charge in [-0.05, 0) is 65.2 Å². The van der Waals surface area contributed by atoms with E-state index in [0.29, 0.717) is 38.3 Å². The van der Waals surface area contributed by atoms with E-state index in [1.165, 1.54) is 4.90 Å². The predicted octanol–water partition coefficient (Wildman–Crippen LogP) is 4.46. The minimum Gasteiger partial charge on any atom is -0.375 e. The second-order valence-electron chi connectivity index (χ2n) is 12.4. The Bertz CT molecular complexity index is 906. The maximum Gasteiger partial charge on any atom is 0.233 e. The molecule has 1 saturated heterocycles. The number of imide groups is 1. The van der Waals surface area contributed by atoms with Crippen LogP contribution in [0, 0.1) is 11.8 Å². The Kier molecular flexibility index (Phi) is 11.3. The summed E-state index contributed by atoms with van der Waals surface area (Å²) < 4.78 is 8.02. The largest absolute Gasteiger partial charge is 0.375 e. The summed E-state index contributed by atoms with van der Waals surface area (Å²) in [5, 5.41) is 11.5. The molecule has 1 fully saturated rings. The number of hydrogen-bond donors (Lipinski definition) is 1. The lowest BCUT2D eigenvalue weighted by molar-refractivity contribution is -0.139. The van der Waals surface area contributed by atoms with E-state index in [1.807, 2.05) is 38.6 Å². The van der Waals surface area contributed by atoms with E-state index in [2.05, 4.69) is 43.3 Å². The fourth-order valence-corrected chi connectivity index (χ4v) is 4.42. The van der Waals surface area contributed by atoms with Gasteiger partial charge in [0.05, 0.1) is 11.3 Å². The molecule has 0 spiro atoms. The van der Waals surface area contributed by atoms with Gasteiger partial charge >= 0.3 is 0 Å². The highest BCUT2D eigenvalue weighted by atomic mass is 16.5. The van der Waals surface area contributed by atoms with E-state index in [-0.39, 0.29) is 40.7 Å². The number of carbonyl (C=O) groups excluding carboxylic acids is 3. The summed E-state index contributed by atoms with van der Waals surface area (Å²) in [6.45, 7) is 18.1. The molecular formula is C28H49N5O4. The van der Waals surface area contributed by atoms with Crippen LogP contribution in [-0.2, 0) is 25.7 Å². The van der Waals surface area contributed by atoms with Crippen molar-refractivity contribution >= 4 is 17.7 Å². The van der Waals surface area contributed by atoms with Crippen molar-refractivity contribution in [3.63, 3.8) is 0 Å². The van der Waals surface area contributed by atoms with Crippen molar-refractivity contribution in [2.75, 3.05) is 13.2 Å². The van der Waals surface area contributed by atoms with E-state index in [4.69, 9.17) is 4.74 Å². The molecular weight excluding hydrogens is 470 g/mol. The molecule has 2 heterocycles. The molecule has 0 saturated carbocycles. The van der Waals surface area contributed by atoms with Gasteiger partial charge in [0.25, 0.3) is 0 Å². The SMILES string of the molecule is CC(C)c1cn(CCC(C)(C)OCCC(C)(C)NC(=O)CCCCCN2C(=O)CC(C(C)C)C2=O)nn1. The zero-order valence-corrected chi connectivity index (χ0v) is 24.3. The van der Waals surface area contributed by atoms with Crippen LogP contribution in [0.2, 0.25) is 0 Å². The lowest BCUT2D eigenvalue weighted by Crippen LogP contribution is -2.44. The van der Waals surface area contributed by atoms with E-state index >= 15 is 0 Å². The van der Waals surface area contributed by atoms with Crippen molar-refractivity contribution in [1.82, 2.24) is 25.2 Å². The number of unbranched alkanes of at least 4 members (excludes halogenated alkanes) is 2. The minimum atomic E-state index is -0.370. The molecule has 1 atom stereocenters. The van der Waals surface area contributed by atoms with Crippen molar-refractivity contribution in [3.8, 4) is 0 Å². The average Bonchev–Trinajstić information content (AvgIpc) is 3.37. The maximum atomic E-state index is 12.5. The summed E-state index contributed by atoms with van der Waals surface area (Å²) in [6, 6.07) is 0. The van der Waals surface area contributed by atoms with Crippen LogP contribution < -0.4 is 5.32 Å². The normalized spacial score (nSPS) is 16.9. The zero-order valence-electron chi connectivity index (χ0n) is 24.3. The Balaban J connectivity index is 1.61. The van der Waals surface area contributed by atoms with E-state index in [1.54, 1.807) is 0 Å². The number of likely N-dealkylation sites (tertiary alicyclic amines) is 1. The molecule has 37 heavy (non-hydrogen) atoms. The lowest BCUT2D eigenvalue weighted by atomic mass is 9.94. The van der Waals surface area contributed by atoms with Crippen LogP contribution in [0.25, 0.3) is 0 Å². The Labute approximate surface area is 223 Å². The van der Waals surface area contributed by atoms with Crippen LogP contribution in [0.3, 0.4) is 0 Å². The number of rotatable bonds is 16. The summed E-state index contributed by atoms with van der Waals surface area (Å²) in [6.07, 6.45) is 6.54. The Hall–Kier alpha value is -2.29. The van der Waals surface area contributed by atoms with Crippen LogP contribution in [0.4, 0.5) is 0 Å². The summed E-state index contributed by atoms with van der Waals surface area (Å²) >= 11 is 0. The van der Waals surface area contributed by atoms with Crippen molar-refractivity contribution in [2.24, 2.45) is 11.8 Å². The second-order valence-corrected chi connectivity index (χ2v) is 12.4. The Morgan fingerprint density at radius 1 is 1.08 bits per heavy atom. The number of aryl methyl sites for hydroxylation is 1. The first-order chi connectivity index (χ1) is 17.2. The third kappa shape index (κ3) is 10.2. The summed E-state index contributed by atoms with van der Waals surface area (Å²) in [5.74, 6) is 0.282. The third-order valence-electron chi connectivity index (χ3n) is 7.16. The summed E-state index contributed by atoms with van der Waals surface area (Å²) in [5.41, 5.74) is 0.316. The van der Waals surface area contributed by atoms with Gasteiger partial charge in [0.15, 0.2) is 0 Å². The highest BCUT2D eigenvalue weighted by molar-refractivity contribution is 6.03. The van der Waals surface area contributed by atoms with Gasteiger partial charge in [-0.3, -0.25) is 24.0 Å². The predicted molar refractivity (Wildman–Crippen MR) is 144 cm³/mol. The average molecular weight is 520 g/mol. The van der Waals surface area contributed by atoms with E-state index in [0.717, 1.165) is 37.9 Å². The zero-order chi connectivity index (χ0) is 27.8. The molecule has 0 aliphatic carbocycles. The van der Waals surface area contributed by atoms with Crippen molar-refractivity contribution < 1.29 is 19.1 Å². The Morgan fingerprint density at radius 3 is 2.38 bits per heavy atom. The Morgan fingerprint density at radius 2 is 1.78 bits per heavy atom. The first kappa shape index (κ1) is 30.9. The van der Waals surface area contributed by atoms with Crippen molar-refractivity contribution in [3.05, 3.63) is 11.9 Å². The standard InChI is InChI=1S/C28H49N5O4/c1-20(2)22-18-25(35)33(26(22)36)15-11-9-10-12-24(34)29-27(5,6)14-17-37-28(7,8)13-16-32-19-23(21(3)4)30-31-32/h19-22H,9-18H2,1-8H3,(H,29,34). The van der Waals surface area contributed by atoms with Crippen LogP contribution in [0.5, 0.6) is 0 Å². The van der Waals surface area contributed by atoms with E-state index in [9.17, 15) is 14.4 Å². The molecule has 3 amide bonds. The van der Waals surface area contributed by atoms with Gasteiger partial charge in [-0.25, -0.2) is 0 Å². The number of carbonyl (C=O) groups is 3. The van der Waals surface area contributed by atoms with Gasteiger partial charge in [0, 0.05) is 50.2 Å². The minimum absolute atomic E-state index is 0.0181. The van der Waals surface area contributed by atoms with Crippen LogP contribution in [0.15, 0.2) is 6.20 Å². The van der Waals surface area contributed by atoms with Crippen LogP contribution in [-0.4, -0.2) is 61.9 Å². The van der Waals surface area contributed by atoms with Crippen LogP contribution >= 0.6 is 0 Å². The maximum absolute atomic E-state index is 12.5. The first-order valence-electron chi connectivity index (χ1n) is 13.9. The number of amides is 3. The smallest absolute Gasteiger partial charge is 0.233 e. The van der Waals surface area contributed by atoms with Crippen molar-refractivity contribution in [1.29, 1.82) is 0 Å². The van der Waals surface area contributed by atoms with Gasteiger partial charge in [0.2, 0.25) is 17.7 Å². The highest BCUT2D eigenvalue weighted by Gasteiger charge is 2.39. The molecule has 9 nitrogen and oxygen atoms in total. The number of aromatic nitrogens is 3. The number of ether oxygens (including phenoxy) is 1. The van der Waals surface area contributed by atoms with Gasteiger partial charge in [0.1, 0.15) is 0 Å². The number of nitrogens with zero attached hydrogens (tertiary/aromatic N) is 4. The van der Waals surface area contributed by atoms with Crippen LogP contribution in [0.1, 0.15) is 112 Å². The monoisotopic (exact) mass is 519 g/mol. The fourth-order valence-electron chi connectivity index (χ4n) is 4.42. The molecule has 1 N–H and O–H groups in total. The molecule has 210 valence electrons. The number of nitrogens with one attached hydrogen (secondary N) is 1. The van der Waals surface area contributed by atoms with Crippen molar-refractivity contribution in [2.45, 2.75) is 124 Å². The summed E-state index contributed by atoms with van der Waals surface area (Å²) in [7, 11) is 0. The third-order valence-corrected chi connectivity index (χ3v) is 7.16. The quantitative estimate of drug-likeness (QED) is 0.255. The second kappa shape index (κ2) is 13.5.